The standard InChI is InChI=1S/C26H18F4O2/c1-15-7-14-21(25(30)22(15)27)32-26(31)18-10-8-17(9-11-18)20-13-12-19(23(28)24(20)29)16-5-3-2-4-6-16/h2-14,26,31H,1H3. The van der Waals surface area contributed by atoms with E-state index in [0.29, 0.717) is 11.1 Å². The third-order valence-electron chi connectivity index (χ3n) is 5.15. The summed E-state index contributed by atoms with van der Waals surface area (Å²) < 4.78 is 62.2. The van der Waals surface area contributed by atoms with Gasteiger partial charge in [0.25, 0.3) is 0 Å². The van der Waals surface area contributed by atoms with Crippen LogP contribution in [0.15, 0.2) is 78.9 Å². The largest absolute Gasteiger partial charge is 0.458 e. The van der Waals surface area contributed by atoms with Gasteiger partial charge in [0, 0.05) is 16.7 Å². The maximum atomic E-state index is 14.8. The zero-order chi connectivity index (χ0) is 22.8. The molecule has 0 radical (unpaired) electrons. The minimum atomic E-state index is -1.58. The van der Waals surface area contributed by atoms with Gasteiger partial charge in [0.15, 0.2) is 23.2 Å². The van der Waals surface area contributed by atoms with Gasteiger partial charge in [0.2, 0.25) is 12.1 Å². The second-order valence-corrected chi connectivity index (χ2v) is 7.26. The van der Waals surface area contributed by atoms with E-state index in [4.69, 9.17) is 4.74 Å². The molecule has 6 heteroatoms. The second kappa shape index (κ2) is 8.85. The Labute approximate surface area is 182 Å². The summed E-state index contributed by atoms with van der Waals surface area (Å²) >= 11 is 0. The number of benzene rings is 4. The van der Waals surface area contributed by atoms with Crippen molar-refractivity contribution in [1.82, 2.24) is 0 Å². The monoisotopic (exact) mass is 438 g/mol. The SMILES string of the molecule is Cc1ccc(OC(O)c2ccc(-c3ccc(-c4ccccc4)c(F)c3F)cc2)c(F)c1F. The van der Waals surface area contributed by atoms with Crippen LogP contribution >= 0.6 is 0 Å². The van der Waals surface area contributed by atoms with Crippen LogP contribution in [0.2, 0.25) is 0 Å². The predicted molar refractivity (Wildman–Crippen MR) is 114 cm³/mol. The van der Waals surface area contributed by atoms with Gasteiger partial charge in [0.1, 0.15) is 0 Å². The summed E-state index contributed by atoms with van der Waals surface area (Å²) in [4.78, 5) is 0. The molecule has 1 unspecified atom stereocenters. The number of ether oxygens (including phenoxy) is 1. The van der Waals surface area contributed by atoms with Gasteiger partial charge in [-0.25, -0.2) is 13.2 Å². The Hall–Kier alpha value is -3.64. The highest BCUT2D eigenvalue weighted by Crippen LogP contribution is 2.32. The lowest BCUT2D eigenvalue weighted by Gasteiger charge is -2.16. The lowest BCUT2D eigenvalue weighted by atomic mass is 9.98. The van der Waals surface area contributed by atoms with Crippen LogP contribution in [0.3, 0.4) is 0 Å². The van der Waals surface area contributed by atoms with Gasteiger partial charge in [-0.15, -0.1) is 0 Å². The van der Waals surface area contributed by atoms with Crippen molar-refractivity contribution in [2.24, 2.45) is 0 Å². The summed E-state index contributed by atoms with van der Waals surface area (Å²) in [6, 6.07) is 20.0. The van der Waals surface area contributed by atoms with E-state index in [0.717, 1.165) is 0 Å². The van der Waals surface area contributed by atoms with E-state index in [1.165, 1.54) is 55.5 Å². The highest BCUT2D eigenvalue weighted by atomic mass is 19.2. The molecule has 4 aromatic rings. The molecule has 0 saturated carbocycles. The number of aliphatic hydroxyl groups is 1. The first kappa shape index (κ1) is 21.6. The lowest BCUT2D eigenvalue weighted by Crippen LogP contribution is -2.08. The third-order valence-corrected chi connectivity index (χ3v) is 5.15. The topological polar surface area (TPSA) is 29.5 Å². The minimum absolute atomic E-state index is 0.0517. The molecule has 32 heavy (non-hydrogen) atoms. The molecule has 0 aromatic heterocycles. The first-order valence-corrected chi connectivity index (χ1v) is 9.80. The van der Waals surface area contributed by atoms with Crippen molar-refractivity contribution in [3.05, 3.63) is 113 Å². The predicted octanol–water partition coefficient (Wildman–Crippen LogP) is 6.96. The molecule has 4 rings (SSSR count). The fourth-order valence-electron chi connectivity index (χ4n) is 3.35. The molecule has 1 atom stereocenters. The first-order valence-electron chi connectivity index (χ1n) is 9.80. The maximum absolute atomic E-state index is 14.8. The molecule has 0 amide bonds. The van der Waals surface area contributed by atoms with Gasteiger partial charge < -0.3 is 9.84 Å². The summed E-state index contributed by atoms with van der Waals surface area (Å²) in [7, 11) is 0. The van der Waals surface area contributed by atoms with E-state index in [9.17, 15) is 22.7 Å². The quantitative estimate of drug-likeness (QED) is 0.270. The van der Waals surface area contributed by atoms with Crippen LogP contribution in [-0.2, 0) is 0 Å². The van der Waals surface area contributed by atoms with Crippen molar-refractivity contribution in [3.63, 3.8) is 0 Å². The van der Waals surface area contributed by atoms with Gasteiger partial charge in [-0.2, -0.15) is 4.39 Å². The molecule has 2 nitrogen and oxygen atoms in total. The highest BCUT2D eigenvalue weighted by molar-refractivity contribution is 5.71. The maximum Gasteiger partial charge on any atom is 0.224 e. The molecule has 0 spiro atoms. The van der Waals surface area contributed by atoms with E-state index in [1.807, 2.05) is 0 Å². The van der Waals surface area contributed by atoms with E-state index < -0.39 is 35.3 Å². The molecule has 162 valence electrons. The fraction of sp³-hybridized carbons (Fsp3) is 0.0769. The van der Waals surface area contributed by atoms with Gasteiger partial charge in [-0.05, 0) is 29.7 Å². The van der Waals surface area contributed by atoms with Crippen LogP contribution in [0.4, 0.5) is 17.6 Å². The molecule has 0 bridgehead atoms. The van der Waals surface area contributed by atoms with Crippen molar-refractivity contribution < 1.29 is 27.4 Å². The van der Waals surface area contributed by atoms with E-state index in [1.54, 1.807) is 30.3 Å². The van der Waals surface area contributed by atoms with Gasteiger partial charge >= 0.3 is 0 Å². The van der Waals surface area contributed by atoms with E-state index in [2.05, 4.69) is 0 Å². The van der Waals surface area contributed by atoms with Crippen molar-refractivity contribution >= 4 is 0 Å². The number of hydrogen-bond donors (Lipinski definition) is 1. The Morgan fingerprint density at radius 1 is 0.625 bits per heavy atom. The zero-order valence-electron chi connectivity index (χ0n) is 17.0. The number of aryl methyl sites for hydroxylation is 1. The van der Waals surface area contributed by atoms with Gasteiger partial charge in [-0.3, -0.25) is 0 Å². The Bertz CT molecular complexity index is 1260. The Morgan fingerprint density at radius 3 is 1.78 bits per heavy atom. The van der Waals surface area contributed by atoms with Crippen LogP contribution in [0, 0.1) is 30.2 Å². The Morgan fingerprint density at radius 2 is 1.19 bits per heavy atom. The summed E-state index contributed by atoms with van der Waals surface area (Å²) in [6.45, 7) is 1.41. The van der Waals surface area contributed by atoms with Crippen LogP contribution in [0.25, 0.3) is 22.3 Å². The Balaban J connectivity index is 1.57. The molecular formula is C26H18F4O2. The molecule has 0 saturated heterocycles. The van der Waals surface area contributed by atoms with Gasteiger partial charge in [0.05, 0.1) is 0 Å². The normalized spacial score (nSPS) is 11.9. The van der Waals surface area contributed by atoms with Crippen LogP contribution in [0.5, 0.6) is 5.75 Å². The molecular weight excluding hydrogens is 420 g/mol. The zero-order valence-corrected chi connectivity index (χ0v) is 17.0. The molecule has 0 aliphatic carbocycles. The molecule has 1 N–H and O–H groups in total. The molecule has 4 aromatic carbocycles. The molecule has 0 aliphatic rings. The summed E-state index contributed by atoms with van der Waals surface area (Å²) in [5.74, 6) is -4.64. The summed E-state index contributed by atoms with van der Waals surface area (Å²) in [5.41, 5.74) is 1.49. The van der Waals surface area contributed by atoms with Crippen molar-refractivity contribution in [2.45, 2.75) is 13.2 Å². The highest BCUT2D eigenvalue weighted by Gasteiger charge is 2.18. The number of hydrogen-bond acceptors (Lipinski definition) is 2. The average molecular weight is 438 g/mol. The first-order chi connectivity index (χ1) is 15.4. The molecule has 0 heterocycles. The summed E-state index contributed by atoms with van der Waals surface area (Å²) in [5, 5.41) is 10.2. The lowest BCUT2D eigenvalue weighted by molar-refractivity contribution is -0.0224. The van der Waals surface area contributed by atoms with Crippen molar-refractivity contribution in [1.29, 1.82) is 0 Å². The molecule has 0 fully saturated rings. The van der Waals surface area contributed by atoms with Crippen molar-refractivity contribution in [3.8, 4) is 28.0 Å². The van der Waals surface area contributed by atoms with Crippen molar-refractivity contribution in [2.75, 3.05) is 0 Å². The van der Waals surface area contributed by atoms with E-state index >= 15 is 0 Å². The molecule has 0 aliphatic heterocycles. The van der Waals surface area contributed by atoms with Gasteiger partial charge in [-0.1, -0.05) is 72.8 Å². The van der Waals surface area contributed by atoms with Crippen LogP contribution in [0.1, 0.15) is 17.4 Å². The summed E-state index contributed by atoms with van der Waals surface area (Å²) in [6.07, 6.45) is -1.58. The van der Waals surface area contributed by atoms with Crippen LogP contribution in [-0.4, -0.2) is 5.11 Å². The average Bonchev–Trinajstić information content (AvgIpc) is 2.82. The number of rotatable bonds is 5. The smallest absolute Gasteiger partial charge is 0.224 e. The minimum Gasteiger partial charge on any atom is -0.458 e. The fourth-order valence-corrected chi connectivity index (χ4v) is 3.35. The van der Waals surface area contributed by atoms with Crippen LogP contribution < -0.4 is 4.74 Å². The van der Waals surface area contributed by atoms with E-state index in [-0.39, 0.29) is 22.3 Å². The third kappa shape index (κ3) is 4.09. The Kier molecular flexibility index (Phi) is 5.97. The second-order valence-electron chi connectivity index (χ2n) is 7.26. The number of halogens is 4. The number of aliphatic hydroxyl groups excluding tert-OH is 1.